The summed E-state index contributed by atoms with van der Waals surface area (Å²) in [5.41, 5.74) is 4.47. The van der Waals surface area contributed by atoms with Crippen molar-refractivity contribution < 1.29 is 28.3 Å². The fourth-order valence-corrected chi connectivity index (χ4v) is 5.55. The van der Waals surface area contributed by atoms with Crippen molar-refractivity contribution in [3.8, 4) is 22.3 Å². The highest BCUT2D eigenvalue weighted by Gasteiger charge is 2.24. The van der Waals surface area contributed by atoms with Crippen molar-refractivity contribution in [2.24, 2.45) is 0 Å². The molecule has 3 N–H and O–H groups in total. The Morgan fingerprint density at radius 1 is 0.694 bits per heavy atom. The lowest BCUT2D eigenvalue weighted by molar-refractivity contribution is -0.139. The van der Waals surface area contributed by atoms with Crippen molar-refractivity contribution in [2.75, 3.05) is 5.32 Å². The molecule has 6 nitrogen and oxygen atoms in total. The number of halogens is 4. The average molecular weight is 702 g/mol. The molecular weight excluding hydrogens is 669 g/mol. The van der Waals surface area contributed by atoms with Gasteiger partial charge in [0.2, 0.25) is 0 Å². The molecule has 2 amide bonds. The smallest absolute Gasteiger partial charge is 0.326 e. The maximum absolute atomic E-state index is 13.9. The molecule has 0 bridgehead atoms. The molecule has 0 unspecified atom stereocenters. The second kappa shape index (κ2) is 14.6. The van der Waals surface area contributed by atoms with E-state index < -0.39 is 35.5 Å². The molecule has 0 aliphatic heterocycles. The minimum atomic E-state index is -1.34. The van der Waals surface area contributed by atoms with Gasteiger partial charge in [-0.3, -0.25) is 9.59 Å². The monoisotopic (exact) mass is 700 g/mol. The Hall–Kier alpha value is -5.05. The number of anilines is 1. The van der Waals surface area contributed by atoms with Gasteiger partial charge in [0.05, 0.1) is 21.3 Å². The van der Waals surface area contributed by atoms with E-state index in [4.69, 9.17) is 23.2 Å². The molecule has 250 valence electrons. The van der Waals surface area contributed by atoms with E-state index in [2.05, 4.69) is 31.4 Å². The summed E-state index contributed by atoms with van der Waals surface area (Å²) >= 11 is 11.9. The summed E-state index contributed by atoms with van der Waals surface area (Å²) < 4.78 is 27.5. The van der Waals surface area contributed by atoms with Gasteiger partial charge in [0.1, 0.15) is 17.7 Å². The van der Waals surface area contributed by atoms with E-state index in [1.54, 1.807) is 48.5 Å². The number of carboxylic acids is 1. The molecule has 0 fully saturated rings. The zero-order chi connectivity index (χ0) is 35.5. The first-order valence-corrected chi connectivity index (χ1v) is 16.0. The molecule has 1 atom stereocenters. The molecule has 5 aromatic rings. The molecule has 0 aliphatic carbocycles. The van der Waals surface area contributed by atoms with E-state index in [0.717, 1.165) is 11.1 Å². The van der Waals surface area contributed by atoms with Crippen LogP contribution >= 0.6 is 23.2 Å². The van der Waals surface area contributed by atoms with Crippen LogP contribution in [0.4, 0.5) is 14.5 Å². The quantitative estimate of drug-likeness (QED) is 0.143. The van der Waals surface area contributed by atoms with Crippen molar-refractivity contribution in [2.45, 2.75) is 38.6 Å². The van der Waals surface area contributed by atoms with E-state index in [1.807, 2.05) is 12.1 Å². The lowest BCUT2D eigenvalue weighted by Gasteiger charge is -2.19. The summed E-state index contributed by atoms with van der Waals surface area (Å²) in [5.74, 6) is -3.63. The van der Waals surface area contributed by atoms with Gasteiger partial charge in [0, 0.05) is 12.0 Å². The van der Waals surface area contributed by atoms with Gasteiger partial charge in [-0.25, -0.2) is 13.6 Å². The predicted octanol–water partition coefficient (Wildman–Crippen LogP) is 9.58. The van der Waals surface area contributed by atoms with E-state index in [1.165, 1.54) is 42.5 Å². The summed E-state index contributed by atoms with van der Waals surface area (Å²) in [7, 11) is 0. The Bertz CT molecular complexity index is 2040. The van der Waals surface area contributed by atoms with Crippen molar-refractivity contribution in [3.05, 3.63) is 147 Å². The van der Waals surface area contributed by atoms with Crippen LogP contribution in [-0.2, 0) is 16.6 Å². The van der Waals surface area contributed by atoms with Crippen molar-refractivity contribution >= 4 is 46.7 Å². The SMILES string of the molecule is CC(C)(C)c1ccc(C(=O)Nc2ccc(-c3ccc(F)c(Cl)c3)cc2C(=O)N[C@@H](Cc2ccc(-c3ccc(F)c(Cl)c3)cc2)C(=O)O)cc1. The summed E-state index contributed by atoms with van der Waals surface area (Å²) in [5, 5.41) is 15.3. The Morgan fingerprint density at radius 3 is 1.73 bits per heavy atom. The van der Waals surface area contributed by atoms with Gasteiger partial charge in [-0.05, 0) is 87.3 Å². The fourth-order valence-electron chi connectivity index (χ4n) is 5.19. The number of nitrogens with one attached hydrogen (secondary N) is 2. The van der Waals surface area contributed by atoms with E-state index >= 15 is 0 Å². The minimum absolute atomic E-state index is 0.00704. The van der Waals surface area contributed by atoms with Crippen molar-refractivity contribution in [1.29, 1.82) is 0 Å². The third-order valence-electron chi connectivity index (χ3n) is 8.03. The van der Waals surface area contributed by atoms with Crippen LogP contribution in [0.15, 0.2) is 103 Å². The molecule has 0 radical (unpaired) electrons. The van der Waals surface area contributed by atoms with Gasteiger partial charge in [-0.15, -0.1) is 0 Å². The first-order valence-electron chi connectivity index (χ1n) is 15.3. The highest BCUT2D eigenvalue weighted by Crippen LogP contribution is 2.30. The Morgan fingerprint density at radius 2 is 1.20 bits per heavy atom. The Labute approximate surface area is 292 Å². The van der Waals surface area contributed by atoms with Crippen LogP contribution in [0.2, 0.25) is 10.0 Å². The predicted molar refractivity (Wildman–Crippen MR) is 189 cm³/mol. The lowest BCUT2D eigenvalue weighted by Crippen LogP contribution is -2.42. The van der Waals surface area contributed by atoms with Crippen molar-refractivity contribution in [1.82, 2.24) is 5.32 Å². The number of benzene rings is 5. The second-order valence-electron chi connectivity index (χ2n) is 12.6. The van der Waals surface area contributed by atoms with Gasteiger partial charge >= 0.3 is 5.97 Å². The summed E-state index contributed by atoms with van der Waals surface area (Å²) in [6.07, 6.45) is -0.0550. The van der Waals surface area contributed by atoms with Crippen LogP contribution < -0.4 is 10.6 Å². The number of carboxylic acid groups (broad SMARTS) is 1. The van der Waals surface area contributed by atoms with Crippen LogP contribution in [0.3, 0.4) is 0 Å². The van der Waals surface area contributed by atoms with E-state index in [-0.39, 0.29) is 33.1 Å². The van der Waals surface area contributed by atoms with E-state index in [0.29, 0.717) is 27.8 Å². The molecule has 49 heavy (non-hydrogen) atoms. The molecule has 0 saturated heterocycles. The molecule has 10 heteroatoms. The number of amides is 2. The van der Waals surface area contributed by atoms with Gasteiger partial charge in [-0.1, -0.05) is 98.6 Å². The number of hydrogen-bond acceptors (Lipinski definition) is 3. The molecule has 0 aromatic heterocycles. The first-order chi connectivity index (χ1) is 23.2. The third-order valence-corrected chi connectivity index (χ3v) is 8.61. The number of carbonyl (C=O) groups excluding carboxylic acids is 2. The van der Waals surface area contributed by atoms with Crippen LogP contribution in [-0.4, -0.2) is 28.9 Å². The molecule has 0 spiro atoms. The zero-order valence-electron chi connectivity index (χ0n) is 26.8. The maximum atomic E-state index is 13.9. The van der Waals surface area contributed by atoms with Gasteiger partial charge < -0.3 is 15.7 Å². The minimum Gasteiger partial charge on any atom is -0.480 e. The standard InChI is InChI=1S/C39H32Cl2F2N2O4/c1-39(2,3)28-13-8-24(9-14-28)36(46)44-34-17-12-25(27-11-16-33(43)31(41)21-27)19-29(34)37(47)45-35(38(48)49)18-22-4-6-23(7-5-22)26-10-15-32(42)30(40)20-26/h4-17,19-21,35H,18H2,1-3H3,(H,44,46)(H,45,47)(H,48,49)/t35-/m0/s1. The Balaban J connectivity index is 1.42. The molecule has 0 heterocycles. The van der Waals surface area contributed by atoms with Crippen molar-refractivity contribution in [3.63, 3.8) is 0 Å². The van der Waals surface area contributed by atoms with Gasteiger partial charge in [-0.2, -0.15) is 0 Å². The van der Waals surface area contributed by atoms with Crippen LogP contribution in [0.25, 0.3) is 22.3 Å². The molecule has 5 aromatic carbocycles. The number of carbonyl (C=O) groups is 3. The molecule has 5 rings (SSSR count). The lowest BCUT2D eigenvalue weighted by atomic mass is 9.86. The highest BCUT2D eigenvalue weighted by molar-refractivity contribution is 6.31. The summed E-state index contributed by atoms with van der Waals surface area (Å²) in [6.45, 7) is 6.19. The topological polar surface area (TPSA) is 95.5 Å². The van der Waals surface area contributed by atoms with Gasteiger partial charge in [0.25, 0.3) is 11.8 Å². The maximum Gasteiger partial charge on any atom is 0.326 e. The summed E-state index contributed by atoms with van der Waals surface area (Å²) in [6, 6.07) is 25.8. The Kier molecular flexibility index (Phi) is 10.5. The zero-order valence-corrected chi connectivity index (χ0v) is 28.3. The normalized spacial score (nSPS) is 11.9. The van der Waals surface area contributed by atoms with Crippen LogP contribution in [0.5, 0.6) is 0 Å². The summed E-state index contributed by atoms with van der Waals surface area (Å²) in [4.78, 5) is 39.4. The van der Waals surface area contributed by atoms with E-state index in [9.17, 15) is 28.3 Å². The second-order valence-corrected chi connectivity index (χ2v) is 13.4. The third kappa shape index (κ3) is 8.52. The fraction of sp³-hybridized carbons (Fsp3) is 0.154. The van der Waals surface area contributed by atoms with Crippen LogP contribution in [0, 0.1) is 11.6 Å². The highest BCUT2D eigenvalue weighted by atomic mass is 35.5. The van der Waals surface area contributed by atoms with Gasteiger partial charge in [0.15, 0.2) is 0 Å². The average Bonchev–Trinajstić information content (AvgIpc) is 3.07. The largest absolute Gasteiger partial charge is 0.480 e. The molecule has 0 saturated carbocycles. The number of rotatable bonds is 9. The number of hydrogen-bond donors (Lipinski definition) is 3. The molecule has 0 aliphatic rings. The van der Waals surface area contributed by atoms with Crippen LogP contribution in [0.1, 0.15) is 52.6 Å². The molecular formula is C39H32Cl2F2N2O4. The number of aliphatic carboxylic acids is 1. The first kappa shape index (κ1) is 35.3.